The number of aromatic nitrogens is 2. The van der Waals surface area contributed by atoms with Crippen molar-refractivity contribution in [1.29, 1.82) is 0 Å². The summed E-state index contributed by atoms with van der Waals surface area (Å²) in [4.78, 5) is 4.73. The molecule has 0 atom stereocenters. The van der Waals surface area contributed by atoms with Crippen LogP contribution in [0, 0.1) is 0 Å². The molecule has 3 aromatic carbocycles. The van der Waals surface area contributed by atoms with Gasteiger partial charge in [-0.3, -0.25) is 0 Å². The predicted octanol–water partition coefficient (Wildman–Crippen LogP) is 4.78. The van der Waals surface area contributed by atoms with Gasteiger partial charge < -0.3 is 15.0 Å². The van der Waals surface area contributed by atoms with Gasteiger partial charge in [0.25, 0.3) is 0 Å². The van der Waals surface area contributed by atoms with Gasteiger partial charge in [-0.05, 0) is 35.4 Å². The zero-order chi connectivity index (χ0) is 19.3. The van der Waals surface area contributed by atoms with Crippen LogP contribution >= 0.6 is 0 Å². The van der Waals surface area contributed by atoms with E-state index in [0.717, 1.165) is 29.1 Å². The van der Waals surface area contributed by atoms with Crippen LogP contribution in [-0.2, 0) is 13.0 Å². The zero-order valence-corrected chi connectivity index (χ0v) is 15.9. The zero-order valence-electron chi connectivity index (χ0n) is 15.9. The Labute approximate surface area is 165 Å². The van der Waals surface area contributed by atoms with Crippen LogP contribution in [0.25, 0.3) is 11.3 Å². The van der Waals surface area contributed by atoms with Gasteiger partial charge in [-0.25, -0.2) is 4.98 Å². The fourth-order valence-electron chi connectivity index (χ4n) is 3.40. The fraction of sp³-hybridized carbons (Fsp3) is 0.125. The van der Waals surface area contributed by atoms with E-state index in [9.17, 15) is 0 Å². The number of methoxy groups -OCH3 is 1. The second kappa shape index (κ2) is 8.01. The number of imidazole rings is 1. The molecule has 1 aromatic heterocycles. The van der Waals surface area contributed by atoms with E-state index in [0.29, 0.717) is 12.5 Å². The van der Waals surface area contributed by atoms with Crippen LogP contribution in [0.15, 0.2) is 84.9 Å². The normalized spacial score (nSPS) is 10.8. The molecule has 4 rings (SSSR count). The third-order valence-electron chi connectivity index (χ3n) is 4.86. The first-order valence-electron chi connectivity index (χ1n) is 9.32. The van der Waals surface area contributed by atoms with Gasteiger partial charge in [-0.2, -0.15) is 0 Å². The molecule has 0 amide bonds. The minimum Gasteiger partial charge on any atom is -0.497 e. The number of benzene rings is 3. The number of rotatable bonds is 6. The van der Waals surface area contributed by atoms with Crippen LogP contribution < -0.4 is 10.5 Å². The highest BCUT2D eigenvalue weighted by Gasteiger charge is 2.18. The lowest BCUT2D eigenvalue weighted by molar-refractivity contribution is 0.415. The standard InChI is InChI=1S/C24H23N3O/c1-28-21-14-12-20(13-15-21)23-22(16-18-8-4-2-5-9-18)27(24(25)26-23)17-19-10-6-3-7-11-19/h2-15H,16-17H2,1H3,(H2,25,26). The summed E-state index contributed by atoms with van der Waals surface area (Å²) in [5.41, 5.74) is 11.8. The third kappa shape index (κ3) is 3.76. The van der Waals surface area contributed by atoms with E-state index < -0.39 is 0 Å². The number of nitrogens with zero attached hydrogens (tertiary/aromatic N) is 2. The molecule has 1 heterocycles. The van der Waals surface area contributed by atoms with Gasteiger partial charge in [-0.15, -0.1) is 0 Å². The highest BCUT2D eigenvalue weighted by atomic mass is 16.5. The SMILES string of the molecule is COc1ccc(-c2nc(N)n(Cc3ccccc3)c2Cc2ccccc2)cc1. The van der Waals surface area contributed by atoms with Crippen molar-refractivity contribution < 1.29 is 4.74 Å². The first kappa shape index (κ1) is 17.9. The summed E-state index contributed by atoms with van der Waals surface area (Å²) in [6.07, 6.45) is 0.763. The molecule has 4 heteroatoms. The average molecular weight is 369 g/mol. The Morgan fingerprint density at radius 3 is 2.04 bits per heavy atom. The topological polar surface area (TPSA) is 53.1 Å². The second-order valence-electron chi connectivity index (χ2n) is 6.73. The predicted molar refractivity (Wildman–Crippen MR) is 113 cm³/mol. The van der Waals surface area contributed by atoms with E-state index in [4.69, 9.17) is 15.5 Å². The van der Waals surface area contributed by atoms with Gasteiger partial charge in [0.15, 0.2) is 0 Å². The number of hydrogen-bond donors (Lipinski definition) is 1. The number of ether oxygens (including phenoxy) is 1. The highest BCUT2D eigenvalue weighted by Crippen LogP contribution is 2.29. The molecule has 140 valence electrons. The maximum absolute atomic E-state index is 6.36. The van der Waals surface area contributed by atoms with Crippen molar-refractivity contribution in [3.05, 3.63) is 102 Å². The average Bonchev–Trinajstić information content (AvgIpc) is 3.05. The maximum Gasteiger partial charge on any atom is 0.201 e. The summed E-state index contributed by atoms with van der Waals surface area (Å²) < 4.78 is 7.40. The summed E-state index contributed by atoms with van der Waals surface area (Å²) in [5.74, 6) is 1.35. The van der Waals surface area contributed by atoms with Crippen molar-refractivity contribution in [3.8, 4) is 17.0 Å². The summed E-state index contributed by atoms with van der Waals surface area (Å²) in [7, 11) is 1.67. The summed E-state index contributed by atoms with van der Waals surface area (Å²) in [6.45, 7) is 0.692. The molecule has 28 heavy (non-hydrogen) atoms. The third-order valence-corrected chi connectivity index (χ3v) is 4.86. The molecule has 0 aliphatic heterocycles. The van der Waals surface area contributed by atoms with E-state index in [2.05, 4.69) is 41.0 Å². The molecule has 0 aliphatic carbocycles. The Morgan fingerprint density at radius 2 is 1.43 bits per heavy atom. The van der Waals surface area contributed by atoms with Crippen LogP contribution in [0.2, 0.25) is 0 Å². The Kier molecular flexibility index (Phi) is 5.11. The van der Waals surface area contributed by atoms with Crippen molar-refractivity contribution in [2.24, 2.45) is 0 Å². The Morgan fingerprint density at radius 1 is 0.821 bits per heavy atom. The summed E-state index contributed by atoms with van der Waals surface area (Å²) >= 11 is 0. The van der Waals surface area contributed by atoms with Crippen LogP contribution in [0.1, 0.15) is 16.8 Å². The molecule has 0 fully saturated rings. The molecule has 0 aliphatic rings. The van der Waals surface area contributed by atoms with Crippen molar-refractivity contribution in [2.75, 3.05) is 12.8 Å². The number of hydrogen-bond acceptors (Lipinski definition) is 3. The van der Waals surface area contributed by atoms with Crippen LogP contribution in [0.5, 0.6) is 5.75 Å². The number of nitrogen functional groups attached to an aromatic ring is 1. The van der Waals surface area contributed by atoms with E-state index >= 15 is 0 Å². The molecule has 2 N–H and O–H groups in total. The van der Waals surface area contributed by atoms with Crippen molar-refractivity contribution in [2.45, 2.75) is 13.0 Å². The quantitative estimate of drug-likeness (QED) is 0.532. The maximum atomic E-state index is 6.36. The van der Waals surface area contributed by atoms with Gasteiger partial charge in [0, 0.05) is 12.0 Å². The monoisotopic (exact) mass is 369 g/mol. The largest absolute Gasteiger partial charge is 0.497 e. The molecule has 0 bridgehead atoms. The molecule has 0 unspecified atom stereocenters. The minimum atomic E-state index is 0.528. The van der Waals surface area contributed by atoms with Crippen molar-refractivity contribution in [1.82, 2.24) is 9.55 Å². The van der Waals surface area contributed by atoms with E-state index in [1.165, 1.54) is 11.1 Å². The molecule has 0 spiro atoms. The van der Waals surface area contributed by atoms with Gasteiger partial charge in [-0.1, -0.05) is 60.7 Å². The lowest BCUT2D eigenvalue weighted by Gasteiger charge is -2.12. The summed E-state index contributed by atoms with van der Waals surface area (Å²) in [5, 5.41) is 0. The Hall–Kier alpha value is -3.53. The smallest absolute Gasteiger partial charge is 0.201 e. The fourth-order valence-corrected chi connectivity index (χ4v) is 3.40. The molecule has 0 saturated heterocycles. The number of nitrogens with two attached hydrogens (primary N) is 1. The Bertz CT molecular complexity index is 1040. The van der Waals surface area contributed by atoms with E-state index in [1.54, 1.807) is 7.11 Å². The van der Waals surface area contributed by atoms with E-state index in [1.807, 2.05) is 48.5 Å². The molecule has 0 radical (unpaired) electrons. The van der Waals surface area contributed by atoms with Crippen LogP contribution in [0.4, 0.5) is 5.95 Å². The molecule has 4 nitrogen and oxygen atoms in total. The van der Waals surface area contributed by atoms with Crippen molar-refractivity contribution >= 4 is 5.95 Å². The van der Waals surface area contributed by atoms with Crippen molar-refractivity contribution in [3.63, 3.8) is 0 Å². The highest BCUT2D eigenvalue weighted by molar-refractivity contribution is 5.66. The molecular formula is C24H23N3O. The lowest BCUT2D eigenvalue weighted by atomic mass is 10.0. The van der Waals surface area contributed by atoms with Gasteiger partial charge in [0.05, 0.1) is 25.0 Å². The van der Waals surface area contributed by atoms with E-state index in [-0.39, 0.29) is 0 Å². The van der Waals surface area contributed by atoms with Gasteiger partial charge in [0.1, 0.15) is 5.75 Å². The lowest BCUT2D eigenvalue weighted by Crippen LogP contribution is -2.09. The summed E-state index contributed by atoms with van der Waals surface area (Å²) in [6, 6.07) is 28.7. The molecule has 4 aromatic rings. The van der Waals surface area contributed by atoms with Crippen LogP contribution in [0.3, 0.4) is 0 Å². The molecule has 0 saturated carbocycles. The second-order valence-corrected chi connectivity index (χ2v) is 6.73. The first-order valence-corrected chi connectivity index (χ1v) is 9.32. The van der Waals surface area contributed by atoms with Gasteiger partial charge >= 0.3 is 0 Å². The molecular weight excluding hydrogens is 346 g/mol. The Balaban J connectivity index is 1.79. The minimum absolute atomic E-state index is 0.528. The van der Waals surface area contributed by atoms with Gasteiger partial charge in [0.2, 0.25) is 5.95 Å². The number of anilines is 1. The van der Waals surface area contributed by atoms with Crippen LogP contribution in [-0.4, -0.2) is 16.7 Å². The first-order chi connectivity index (χ1) is 13.7.